The van der Waals surface area contributed by atoms with Crippen molar-refractivity contribution >= 4 is 17.8 Å². The van der Waals surface area contributed by atoms with E-state index in [2.05, 4.69) is 49.3 Å². The number of methoxy groups -OCH3 is 1. The summed E-state index contributed by atoms with van der Waals surface area (Å²) < 4.78 is 5.55. The van der Waals surface area contributed by atoms with Crippen LogP contribution >= 0.6 is 0 Å². The number of hydrazone groups is 1. The molecule has 0 saturated heterocycles. The van der Waals surface area contributed by atoms with Crippen LogP contribution in [0.15, 0.2) is 41.5 Å². The third-order valence-corrected chi connectivity index (χ3v) is 5.50. The average Bonchev–Trinajstić information content (AvgIpc) is 2.65. The summed E-state index contributed by atoms with van der Waals surface area (Å²) in [6, 6.07) is 10.4. The molecule has 2 aromatic rings. The van der Waals surface area contributed by atoms with Crippen molar-refractivity contribution in [2.45, 2.75) is 38.6 Å². The Kier molecular flexibility index (Phi) is 5.31. The van der Waals surface area contributed by atoms with Gasteiger partial charge in [0, 0.05) is 29.9 Å². The Bertz CT molecular complexity index is 921. The first-order chi connectivity index (χ1) is 13.2. The van der Waals surface area contributed by atoms with Crippen LogP contribution in [0.2, 0.25) is 0 Å². The number of nitrogens with one attached hydrogen (secondary N) is 1. The molecule has 6 heteroatoms. The van der Waals surface area contributed by atoms with Crippen molar-refractivity contribution in [1.29, 1.82) is 0 Å². The van der Waals surface area contributed by atoms with Gasteiger partial charge in [0.25, 0.3) is 5.91 Å². The summed E-state index contributed by atoms with van der Waals surface area (Å²) in [4.78, 5) is 14.5. The molecular weight excluding hydrogens is 354 g/mol. The van der Waals surface area contributed by atoms with Crippen molar-refractivity contribution in [3.63, 3.8) is 0 Å². The van der Waals surface area contributed by atoms with Crippen LogP contribution in [0.25, 0.3) is 0 Å². The molecule has 0 bridgehead atoms. The largest absolute Gasteiger partial charge is 0.507 e. The van der Waals surface area contributed by atoms with Crippen LogP contribution in [0, 0.1) is 0 Å². The third-order valence-electron chi connectivity index (χ3n) is 5.50. The van der Waals surface area contributed by atoms with Gasteiger partial charge in [-0.1, -0.05) is 19.1 Å². The number of carbonyl (C=O) groups is 1. The number of ether oxygens (including phenoxy) is 1. The minimum atomic E-state index is -0.471. The van der Waals surface area contributed by atoms with Gasteiger partial charge in [-0.15, -0.1) is 0 Å². The topological polar surface area (TPSA) is 74.2 Å². The van der Waals surface area contributed by atoms with Crippen LogP contribution in [0.5, 0.6) is 11.5 Å². The molecule has 1 aliphatic rings. The molecule has 0 radical (unpaired) electrons. The zero-order valence-corrected chi connectivity index (χ0v) is 17.0. The Morgan fingerprint density at radius 2 is 2.07 bits per heavy atom. The second-order valence-electron chi connectivity index (χ2n) is 7.85. The molecule has 2 N–H and O–H groups in total. The third kappa shape index (κ3) is 3.67. The molecule has 0 saturated carbocycles. The first-order valence-corrected chi connectivity index (χ1v) is 9.31. The second-order valence-corrected chi connectivity index (χ2v) is 7.85. The van der Waals surface area contributed by atoms with Gasteiger partial charge in [0.05, 0.1) is 18.9 Å². The Labute approximate surface area is 165 Å². The fourth-order valence-corrected chi connectivity index (χ4v) is 3.77. The molecule has 2 aromatic carbocycles. The summed E-state index contributed by atoms with van der Waals surface area (Å²) in [5.74, 6) is 0.535. The van der Waals surface area contributed by atoms with Gasteiger partial charge >= 0.3 is 0 Å². The van der Waals surface area contributed by atoms with E-state index in [1.165, 1.54) is 11.6 Å². The number of anilines is 1. The lowest BCUT2D eigenvalue weighted by molar-refractivity contribution is 0.0952. The minimum Gasteiger partial charge on any atom is -0.507 e. The van der Waals surface area contributed by atoms with E-state index in [1.54, 1.807) is 31.5 Å². The molecule has 3 rings (SSSR count). The fraction of sp³-hybridized carbons (Fsp3) is 0.364. The van der Waals surface area contributed by atoms with Gasteiger partial charge in [0.1, 0.15) is 11.5 Å². The van der Waals surface area contributed by atoms with Crippen molar-refractivity contribution in [1.82, 2.24) is 5.43 Å². The van der Waals surface area contributed by atoms with Crippen LogP contribution in [0.4, 0.5) is 5.69 Å². The number of phenolic OH excluding ortho intramolecular Hbond substituents is 1. The Morgan fingerprint density at radius 3 is 2.75 bits per heavy atom. The first-order valence-electron chi connectivity index (χ1n) is 9.31. The zero-order chi connectivity index (χ0) is 20.5. The molecule has 6 nitrogen and oxygen atoms in total. The molecular formula is C22H27N3O3. The maximum absolute atomic E-state index is 12.2. The van der Waals surface area contributed by atoms with Crippen LogP contribution in [-0.2, 0) is 0 Å². The highest BCUT2D eigenvalue weighted by molar-refractivity contribution is 5.97. The van der Waals surface area contributed by atoms with E-state index in [4.69, 9.17) is 4.74 Å². The first kappa shape index (κ1) is 19.7. The number of carbonyl (C=O) groups excluding carboxylic acids is 1. The zero-order valence-electron chi connectivity index (χ0n) is 17.0. The van der Waals surface area contributed by atoms with Gasteiger partial charge in [0.15, 0.2) is 0 Å². The molecule has 1 atom stereocenters. The van der Waals surface area contributed by atoms with Crippen molar-refractivity contribution in [3.8, 4) is 11.5 Å². The van der Waals surface area contributed by atoms with Crippen molar-refractivity contribution in [3.05, 3.63) is 53.1 Å². The van der Waals surface area contributed by atoms with Gasteiger partial charge in [-0.2, -0.15) is 5.10 Å². The summed E-state index contributed by atoms with van der Waals surface area (Å²) in [5, 5.41) is 13.8. The molecule has 0 spiro atoms. The normalized spacial score (nSPS) is 18.0. The highest BCUT2D eigenvalue weighted by atomic mass is 16.5. The van der Waals surface area contributed by atoms with Crippen LogP contribution < -0.4 is 15.1 Å². The van der Waals surface area contributed by atoms with Crippen LogP contribution in [-0.4, -0.2) is 36.9 Å². The second kappa shape index (κ2) is 7.54. The summed E-state index contributed by atoms with van der Waals surface area (Å²) in [7, 11) is 3.72. The summed E-state index contributed by atoms with van der Waals surface area (Å²) in [6.07, 6.45) is 2.62. The molecule has 1 unspecified atom stereocenters. The van der Waals surface area contributed by atoms with Gasteiger partial charge < -0.3 is 14.7 Å². The number of benzene rings is 2. The van der Waals surface area contributed by atoms with E-state index in [9.17, 15) is 9.90 Å². The predicted molar refractivity (Wildman–Crippen MR) is 112 cm³/mol. The van der Waals surface area contributed by atoms with Crippen molar-refractivity contribution in [2.24, 2.45) is 5.10 Å². The Morgan fingerprint density at radius 1 is 1.36 bits per heavy atom. The van der Waals surface area contributed by atoms with E-state index in [-0.39, 0.29) is 16.9 Å². The minimum absolute atomic E-state index is 0.0681. The van der Waals surface area contributed by atoms with E-state index in [0.717, 1.165) is 17.7 Å². The highest BCUT2D eigenvalue weighted by Gasteiger charge is 2.34. The maximum Gasteiger partial charge on any atom is 0.275 e. The summed E-state index contributed by atoms with van der Waals surface area (Å²) in [6.45, 7) is 6.70. The number of amides is 1. The van der Waals surface area contributed by atoms with Crippen LogP contribution in [0.3, 0.4) is 0 Å². The van der Waals surface area contributed by atoms with E-state index in [1.807, 2.05) is 6.07 Å². The molecule has 0 aromatic heterocycles. The number of hydrogen-bond acceptors (Lipinski definition) is 5. The highest BCUT2D eigenvalue weighted by Crippen LogP contribution is 2.44. The molecule has 28 heavy (non-hydrogen) atoms. The lowest BCUT2D eigenvalue weighted by Crippen LogP contribution is -2.45. The molecule has 1 amide bonds. The Balaban J connectivity index is 1.87. The van der Waals surface area contributed by atoms with Crippen molar-refractivity contribution in [2.75, 3.05) is 19.1 Å². The van der Waals surface area contributed by atoms with Gasteiger partial charge in [0.2, 0.25) is 0 Å². The summed E-state index contributed by atoms with van der Waals surface area (Å²) >= 11 is 0. The number of nitrogens with zero attached hydrogens (tertiary/aromatic N) is 2. The number of phenols is 1. The molecule has 1 heterocycles. The SMILES string of the molecule is COc1cc2c(cc1/C=N/NC(=O)c1ccccc1O)C(C)CC(C)(C)N2C. The lowest BCUT2D eigenvalue weighted by Gasteiger charge is -2.45. The standard InChI is InChI=1S/C22H27N3O3/c1-14-12-22(2,3)25(4)18-11-20(28-5)15(10-17(14)18)13-23-24-21(27)16-8-6-7-9-19(16)26/h6-11,13-14,26H,12H2,1-5H3,(H,24,27)/b23-13+. The maximum atomic E-state index is 12.2. The van der Waals surface area contributed by atoms with Gasteiger partial charge in [-0.25, -0.2) is 5.43 Å². The van der Waals surface area contributed by atoms with Crippen LogP contribution in [0.1, 0.15) is 54.6 Å². The average molecular weight is 381 g/mol. The summed E-state index contributed by atoms with van der Waals surface area (Å²) in [5.41, 5.74) is 5.87. The number of fused-ring (bicyclic) bond motifs is 1. The van der Waals surface area contributed by atoms with E-state index < -0.39 is 5.91 Å². The monoisotopic (exact) mass is 381 g/mol. The van der Waals surface area contributed by atoms with Crippen molar-refractivity contribution < 1.29 is 14.6 Å². The van der Waals surface area contributed by atoms with Gasteiger partial charge in [-0.05, 0) is 49.9 Å². The molecule has 0 fully saturated rings. The van der Waals surface area contributed by atoms with E-state index in [0.29, 0.717) is 11.7 Å². The number of hydrogen-bond donors (Lipinski definition) is 2. The van der Waals surface area contributed by atoms with E-state index >= 15 is 0 Å². The number of aromatic hydroxyl groups is 1. The number of rotatable bonds is 4. The molecule has 0 aliphatic carbocycles. The predicted octanol–water partition coefficient (Wildman–Crippen LogP) is 3.89. The number of para-hydroxylation sites is 1. The smallest absolute Gasteiger partial charge is 0.275 e. The fourth-order valence-electron chi connectivity index (χ4n) is 3.77. The quantitative estimate of drug-likeness (QED) is 0.622. The Hall–Kier alpha value is -3.02. The van der Waals surface area contributed by atoms with Gasteiger partial charge in [-0.3, -0.25) is 4.79 Å². The lowest BCUT2D eigenvalue weighted by atomic mass is 9.80. The molecule has 1 aliphatic heterocycles. The molecule has 148 valence electrons.